The molecule has 0 unspecified atom stereocenters. The lowest BCUT2D eigenvalue weighted by molar-refractivity contribution is -0.392. The van der Waals surface area contributed by atoms with Gasteiger partial charge in [-0.1, -0.05) is 0 Å². The van der Waals surface area contributed by atoms with Crippen molar-refractivity contribution in [2.24, 2.45) is 0 Å². The zero-order valence-electron chi connectivity index (χ0n) is 9.42. The maximum Gasteiger partial charge on any atom is 0.300 e. The van der Waals surface area contributed by atoms with Crippen LogP contribution in [0.4, 0.5) is 17.1 Å². The minimum Gasteiger partial charge on any atom is -0.366 e. The predicted octanol–water partition coefficient (Wildman–Crippen LogP) is 1.95. The van der Waals surface area contributed by atoms with E-state index in [0.717, 1.165) is 12.1 Å². The lowest BCUT2D eigenvalue weighted by atomic mass is 10.1. The van der Waals surface area contributed by atoms with Gasteiger partial charge in [0.1, 0.15) is 0 Å². The number of nitrogens with zero attached hydrogens (tertiary/aromatic N) is 3. The Morgan fingerprint density at radius 3 is 1.78 bits per heavy atom. The third kappa shape index (κ3) is 2.54. The molecule has 8 nitrogen and oxygen atoms in total. The van der Waals surface area contributed by atoms with Gasteiger partial charge in [0.05, 0.1) is 9.85 Å². The first-order chi connectivity index (χ1) is 8.25. The summed E-state index contributed by atoms with van der Waals surface area (Å²) >= 11 is 5.19. The molecule has 0 heterocycles. The molecule has 0 saturated carbocycles. The van der Waals surface area contributed by atoms with Crippen molar-refractivity contribution in [1.29, 1.82) is 0 Å². The number of rotatable bonds is 4. The van der Waals surface area contributed by atoms with E-state index >= 15 is 0 Å². The van der Waals surface area contributed by atoms with Crippen LogP contribution in [0.2, 0.25) is 0 Å². The highest BCUT2D eigenvalue weighted by molar-refractivity contribution is 6.67. The fourth-order valence-electron chi connectivity index (χ4n) is 1.45. The molecule has 0 bridgehead atoms. The van der Waals surface area contributed by atoms with Crippen LogP contribution in [-0.4, -0.2) is 29.2 Å². The van der Waals surface area contributed by atoms with Gasteiger partial charge in [-0.2, -0.15) is 0 Å². The Balaban J connectivity index is 3.71. The van der Waals surface area contributed by atoms with Gasteiger partial charge in [0.2, 0.25) is 0 Å². The Morgan fingerprint density at radius 2 is 1.56 bits per heavy atom. The Bertz CT molecular complexity index is 508. The van der Waals surface area contributed by atoms with Crippen LogP contribution < -0.4 is 4.90 Å². The lowest BCUT2D eigenvalue weighted by Gasteiger charge is -2.13. The molecule has 1 aromatic rings. The quantitative estimate of drug-likeness (QED) is 0.471. The first kappa shape index (κ1) is 13.8. The number of halogens is 1. The van der Waals surface area contributed by atoms with E-state index in [9.17, 15) is 25.0 Å². The predicted molar refractivity (Wildman–Crippen MR) is 64.3 cm³/mol. The van der Waals surface area contributed by atoms with Gasteiger partial charge in [-0.05, 0) is 11.6 Å². The smallest absolute Gasteiger partial charge is 0.300 e. The molecular formula is C9H8ClN3O5. The molecule has 1 aromatic carbocycles. The van der Waals surface area contributed by atoms with Crippen molar-refractivity contribution in [2.75, 3.05) is 19.0 Å². The Labute approximate surface area is 106 Å². The number of nitro benzene ring substituents is 2. The molecule has 0 saturated heterocycles. The van der Waals surface area contributed by atoms with Gasteiger partial charge in [-0.3, -0.25) is 25.0 Å². The molecule has 0 spiro atoms. The highest BCUT2D eigenvalue weighted by Gasteiger charge is 2.29. The van der Waals surface area contributed by atoms with E-state index in [-0.39, 0.29) is 11.3 Å². The number of hydrogen-bond donors (Lipinski definition) is 0. The van der Waals surface area contributed by atoms with Crippen molar-refractivity contribution in [3.05, 3.63) is 37.9 Å². The van der Waals surface area contributed by atoms with Crippen molar-refractivity contribution in [3.8, 4) is 0 Å². The van der Waals surface area contributed by atoms with Crippen LogP contribution in [0.3, 0.4) is 0 Å². The topological polar surface area (TPSA) is 107 Å². The molecule has 9 heteroatoms. The first-order valence-electron chi connectivity index (χ1n) is 4.59. The molecule has 1 rings (SSSR count). The molecule has 0 atom stereocenters. The zero-order chi connectivity index (χ0) is 14.0. The van der Waals surface area contributed by atoms with Gasteiger partial charge in [0, 0.05) is 31.8 Å². The SMILES string of the molecule is CN(C)c1c([N+](=O)[O-])cc(C(=O)Cl)cc1[N+](=O)[O-]. The van der Waals surface area contributed by atoms with Gasteiger partial charge in [-0.25, -0.2) is 0 Å². The monoisotopic (exact) mass is 273 g/mol. The molecule has 0 radical (unpaired) electrons. The Hall–Kier alpha value is -2.22. The van der Waals surface area contributed by atoms with Crippen LogP contribution in [0.1, 0.15) is 10.4 Å². The van der Waals surface area contributed by atoms with Crippen molar-refractivity contribution >= 4 is 33.9 Å². The average molecular weight is 274 g/mol. The van der Waals surface area contributed by atoms with Crippen LogP contribution in [0, 0.1) is 20.2 Å². The van der Waals surface area contributed by atoms with E-state index in [1.807, 2.05) is 0 Å². The van der Waals surface area contributed by atoms with E-state index in [4.69, 9.17) is 11.6 Å². The number of benzene rings is 1. The summed E-state index contributed by atoms with van der Waals surface area (Å²) in [4.78, 5) is 32.4. The van der Waals surface area contributed by atoms with E-state index < -0.39 is 26.5 Å². The van der Waals surface area contributed by atoms with Crippen LogP contribution in [0.25, 0.3) is 0 Å². The average Bonchev–Trinajstić information content (AvgIpc) is 2.26. The third-order valence-electron chi connectivity index (χ3n) is 2.14. The molecule has 0 amide bonds. The molecule has 96 valence electrons. The summed E-state index contributed by atoms with van der Waals surface area (Å²) in [6, 6.07) is 1.83. The van der Waals surface area contributed by atoms with E-state index in [2.05, 4.69) is 0 Å². The van der Waals surface area contributed by atoms with E-state index in [0.29, 0.717) is 0 Å². The van der Waals surface area contributed by atoms with Crippen LogP contribution in [0.5, 0.6) is 0 Å². The molecule has 0 aliphatic heterocycles. The summed E-state index contributed by atoms with van der Waals surface area (Å²) in [7, 11) is 2.86. The van der Waals surface area contributed by atoms with Gasteiger partial charge in [0.25, 0.3) is 16.6 Å². The van der Waals surface area contributed by atoms with E-state index in [1.165, 1.54) is 19.0 Å². The first-order valence-corrected chi connectivity index (χ1v) is 4.97. The third-order valence-corrected chi connectivity index (χ3v) is 2.36. The summed E-state index contributed by atoms with van der Waals surface area (Å²) in [6.07, 6.45) is 0. The van der Waals surface area contributed by atoms with Crippen molar-refractivity contribution in [3.63, 3.8) is 0 Å². The van der Waals surface area contributed by atoms with Crippen molar-refractivity contribution < 1.29 is 14.6 Å². The molecule has 0 aromatic heterocycles. The highest BCUT2D eigenvalue weighted by atomic mass is 35.5. The van der Waals surface area contributed by atoms with Gasteiger partial charge in [-0.15, -0.1) is 0 Å². The van der Waals surface area contributed by atoms with Crippen LogP contribution in [0.15, 0.2) is 12.1 Å². The summed E-state index contributed by atoms with van der Waals surface area (Å²) in [5, 5.41) is 20.8. The number of hydrogen-bond acceptors (Lipinski definition) is 6. The second-order valence-corrected chi connectivity index (χ2v) is 3.89. The lowest BCUT2D eigenvalue weighted by Crippen LogP contribution is -2.14. The standard InChI is InChI=1S/C9H8ClN3O5/c1-11(2)8-6(12(15)16)3-5(9(10)14)4-7(8)13(17)18/h3-4H,1-2H3. The minimum atomic E-state index is -0.994. The zero-order valence-corrected chi connectivity index (χ0v) is 10.2. The normalized spacial score (nSPS) is 9.94. The number of nitro groups is 2. The summed E-state index contributed by atoms with van der Waals surface area (Å²) in [5.41, 5.74) is -1.57. The Morgan fingerprint density at radius 1 is 1.17 bits per heavy atom. The van der Waals surface area contributed by atoms with Crippen molar-refractivity contribution in [2.45, 2.75) is 0 Å². The van der Waals surface area contributed by atoms with Gasteiger partial charge >= 0.3 is 0 Å². The van der Waals surface area contributed by atoms with Gasteiger partial charge < -0.3 is 4.90 Å². The molecule has 0 N–H and O–H groups in total. The molecule has 18 heavy (non-hydrogen) atoms. The second kappa shape index (κ2) is 4.96. The van der Waals surface area contributed by atoms with Crippen LogP contribution >= 0.6 is 11.6 Å². The summed E-state index contributed by atoms with van der Waals surface area (Å²) in [6.45, 7) is 0. The van der Waals surface area contributed by atoms with E-state index in [1.54, 1.807) is 0 Å². The highest BCUT2D eigenvalue weighted by Crippen LogP contribution is 2.37. The van der Waals surface area contributed by atoms with Gasteiger partial charge in [0.15, 0.2) is 5.69 Å². The second-order valence-electron chi connectivity index (χ2n) is 3.55. The maximum atomic E-state index is 11.0. The number of carbonyl (C=O) groups is 1. The molecule has 0 aliphatic rings. The largest absolute Gasteiger partial charge is 0.366 e. The fourth-order valence-corrected chi connectivity index (χ4v) is 1.56. The van der Waals surface area contributed by atoms with Crippen molar-refractivity contribution in [1.82, 2.24) is 0 Å². The van der Waals surface area contributed by atoms with Crippen LogP contribution in [-0.2, 0) is 0 Å². The summed E-state index contributed by atoms with van der Waals surface area (Å²) in [5.74, 6) is 0. The summed E-state index contributed by atoms with van der Waals surface area (Å²) < 4.78 is 0. The Kier molecular flexibility index (Phi) is 3.82. The number of carbonyl (C=O) groups excluding carboxylic acids is 1. The maximum absolute atomic E-state index is 11.0. The molecule has 0 fully saturated rings. The minimum absolute atomic E-state index is 0.188. The fraction of sp³-hybridized carbons (Fsp3) is 0.222. The molecule has 0 aliphatic carbocycles. The molecular weight excluding hydrogens is 266 g/mol. The number of anilines is 1.